The molecule has 3 atom stereocenters. The van der Waals surface area contributed by atoms with Crippen molar-refractivity contribution in [2.45, 2.75) is 58.1 Å². The second-order valence-electron chi connectivity index (χ2n) is 10.5. The van der Waals surface area contributed by atoms with Gasteiger partial charge in [0.15, 0.2) is 0 Å². The van der Waals surface area contributed by atoms with E-state index in [0.717, 1.165) is 35.6 Å². The maximum absolute atomic E-state index is 12.9. The van der Waals surface area contributed by atoms with Gasteiger partial charge in [-0.1, -0.05) is 42.8 Å². The number of aliphatic hydroxyl groups is 1. The number of hydrogen-bond acceptors (Lipinski definition) is 5. The number of aliphatic hydroxyl groups excluding tert-OH is 1. The van der Waals surface area contributed by atoms with Crippen LogP contribution in [0.2, 0.25) is 5.02 Å². The highest BCUT2D eigenvalue weighted by atomic mass is 35.5. The van der Waals surface area contributed by atoms with Gasteiger partial charge in [-0.15, -0.1) is 0 Å². The summed E-state index contributed by atoms with van der Waals surface area (Å²) in [5.74, 6) is 1.25. The first-order valence-corrected chi connectivity index (χ1v) is 13.8. The van der Waals surface area contributed by atoms with Crippen molar-refractivity contribution in [3.8, 4) is 17.0 Å². The van der Waals surface area contributed by atoms with Gasteiger partial charge in [0.25, 0.3) is 5.91 Å². The summed E-state index contributed by atoms with van der Waals surface area (Å²) in [7, 11) is 1.96. The van der Waals surface area contributed by atoms with Crippen molar-refractivity contribution in [1.82, 2.24) is 20.2 Å². The second kappa shape index (κ2) is 12.7. The smallest absolute Gasteiger partial charge is 0.251 e. The zero-order chi connectivity index (χ0) is 28.1. The van der Waals surface area contributed by atoms with Crippen LogP contribution < -0.4 is 15.4 Å². The lowest BCUT2D eigenvalue weighted by molar-refractivity contribution is -0.122. The fourth-order valence-electron chi connectivity index (χ4n) is 5.05. The minimum absolute atomic E-state index is 0.0223. The van der Waals surface area contributed by atoms with Crippen LogP contribution in [0.15, 0.2) is 48.7 Å². The van der Waals surface area contributed by atoms with Crippen LogP contribution in [0.3, 0.4) is 0 Å². The average molecular weight is 553 g/mol. The molecular weight excluding hydrogens is 516 g/mol. The molecule has 9 heteroatoms. The summed E-state index contributed by atoms with van der Waals surface area (Å²) >= 11 is 6.31. The van der Waals surface area contributed by atoms with Crippen LogP contribution in [0, 0.1) is 5.92 Å². The van der Waals surface area contributed by atoms with Crippen molar-refractivity contribution < 1.29 is 19.4 Å². The molecule has 208 valence electrons. The number of benzene rings is 2. The monoisotopic (exact) mass is 552 g/mol. The maximum atomic E-state index is 12.9. The fraction of sp³-hybridized carbons (Fsp3) is 0.433. The van der Waals surface area contributed by atoms with E-state index in [9.17, 15) is 14.7 Å². The van der Waals surface area contributed by atoms with Gasteiger partial charge in [-0.2, -0.15) is 0 Å². The Kier molecular flexibility index (Phi) is 9.30. The van der Waals surface area contributed by atoms with E-state index in [1.54, 1.807) is 18.2 Å². The van der Waals surface area contributed by atoms with Crippen molar-refractivity contribution >= 4 is 23.4 Å². The number of carbonyl (C=O) groups excluding carboxylic acids is 2. The third kappa shape index (κ3) is 6.99. The number of amides is 2. The predicted octanol–water partition coefficient (Wildman–Crippen LogP) is 4.49. The molecule has 2 amide bonds. The van der Waals surface area contributed by atoms with Crippen LogP contribution >= 0.6 is 11.6 Å². The maximum Gasteiger partial charge on any atom is 0.251 e. The molecule has 2 heterocycles. The molecule has 3 aromatic rings. The van der Waals surface area contributed by atoms with Crippen molar-refractivity contribution in [3.05, 3.63) is 70.6 Å². The topological polar surface area (TPSA) is 105 Å². The first-order chi connectivity index (χ1) is 18.7. The number of carbonyl (C=O) groups is 2. The zero-order valence-corrected chi connectivity index (χ0v) is 23.7. The van der Waals surface area contributed by atoms with Crippen LogP contribution in [0.25, 0.3) is 11.3 Å². The van der Waals surface area contributed by atoms with Gasteiger partial charge in [0.1, 0.15) is 11.6 Å². The summed E-state index contributed by atoms with van der Waals surface area (Å²) in [5.41, 5.74) is 3.30. The first kappa shape index (κ1) is 28.6. The Labute approximate surface area is 234 Å². The summed E-state index contributed by atoms with van der Waals surface area (Å²) in [4.78, 5) is 29.9. The highest BCUT2D eigenvalue weighted by Crippen LogP contribution is 2.31. The molecule has 1 aromatic heterocycles. The Hall–Kier alpha value is -3.36. The zero-order valence-electron chi connectivity index (χ0n) is 22.9. The molecule has 4 rings (SSSR count). The fourth-order valence-corrected chi connectivity index (χ4v) is 5.28. The molecular formula is C30H37ClN4O4. The van der Waals surface area contributed by atoms with E-state index in [-0.39, 0.29) is 42.4 Å². The van der Waals surface area contributed by atoms with Gasteiger partial charge in [0.2, 0.25) is 5.91 Å². The van der Waals surface area contributed by atoms with E-state index in [0.29, 0.717) is 29.2 Å². The van der Waals surface area contributed by atoms with Crippen LogP contribution in [0.1, 0.15) is 61.3 Å². The molecule has 3 N–H and O–H groups in total. The van der Waals surface area contributed by atoms with Crippen molar-refractivity contribution in [1.29, 1.82) is 0 Å². The van der Waals surface area contributed by atoms with Gasteiger partial charge in [0.05, 0.1) is 16.8 Å². The summed E-state index contributed by atoms with van der Waals surface area (Å²) in [5, 5.41) is 15.9. The molecule has 0 spiro atoms. The SMILES string of the molecule is CC(C)Oc1ccc(C(=O)NC(CCO)Cc2ccc(-c3cn(C)c([C@H](C)C4CCNC4=O)n3)cc2)cc1Cl. The highest BCUT2D eigenvalue weighted by molar-refractivity contribution is 6.32. The van der Waals surface area contributed by atoms with Crippen LogP contribution in [-0.4, -0.2) is 51.8 Å². The van der Waals surface area contributed by atoms with Crippen LogP contribution in [0.5, 0.6) is 5.75 Å². The van der Waals surface area contributed by atoms with Crippen molar-refractivity contribution in [2.24, 2.45) is 13.0 Å². The van der Waals surface area contributed by atoms with Gasteiger partial charge in [-0.3, -0.25) is 9.59 Å². The van der Waals surface area contributed by atoms with Crippen molar-refractivity contribution in [2.75, 3.05) is 13.2 Å². The molecule has 0 radical (unpaired) electrons. The van der Waals surface area contributed by atoms with Gasteiger partial charge >= 0.3 is 0 Å². The Morgan fingerprint density at radius 3 is 2.59 bits per heavy atom. The van der Waals surface area contributed by atoms with E-state index in [2.05, 4.69) is 17.6 Å². The predicted molar refractivity (Wildman–Crippen MR) is 152 cm³/mol. The van der Waals surface area contributed by atoms with Crippen molar-refractivity contribution in [3.63, 3.8) is 0 Å². The number of aromatic nitrogens is 2. The molecule has 0 saturated carbocycles. The third-order valence-electron chi connectivity index (χ3n) is 7.12. The third-order valence-corrected chi connectivity index (χ3v) is 7.41. The van der Waals surface area contributed by atoms with E-state index in [1.807, 2.05) is 55.9 Å². The van der Waals surface area contributed by atoms with Gasteiger partial charge < -0.3 is 25.0 Å². The molecule has 1 fully saturated rings. The number of rotatable bonds is 11. The molecule has 1 saturated heterocycles. The number of hydrogen-bond donors (Lipinski definition) is 3. The van der Waals surface area contributed by atoms with E-state index in [4.69, 9.17) is 21.3 Å². The van der Waals surface area contributed by atoms with Gasteiger partial charge in [-0.25, -0.2) is 4.98 Å². The summed E-state index contributed by atoms with van der Waals surface area (Å²) in [6.07, 6.45) is 3.78. The summed E-state index contributed by atoms with van der Waals surface area (Å²) in [6, 6.07) is 12.8. The number of nitrogens with one attached hydrogen (secondary N) is 2. The number of ether oxygens (including phenoxy) is 1. The summed E-state index contributed by atoms with van der Waals surface area (Å²) in [6.45, 7) is 6.56. The Balaban J connectivity index is 1.42. The molecule has 39 heavy (non-hydrogen) atoms. The Morgan fingerprint density at radius 2 is 1.97 bits per heavy atom. The summed E-state index contributed by atoms with van der Waals surface area (Å²) < 4.78 is 7.65. The largest absolute Gasteiger partial charge is 0.489 e. The molecule has 8 nitrogen and oxygen atoms in total. The standard InChI is InChI=1S/C30H37ClN4O4/c1-18(2)39-27-10-9-22(16-25(27)31)29(37)33-23(12-14-36)15-20-5-7-21(8-6-20)26-17-35(4)28(34-26)19(3)24-11-13-32-30(24)38/h5-10,16-19,23-24,36H,11-15H2,1-4H3,(H,32,38)(H,33,37)/t19-,23?,24?/m1/s1. The molecule has 1 aliphatic heterocycles. The minimum Gasteiger partial charge on any atom is -0.489 e. The molecule has 0 aliphatic carbocycles. The molecule has 1 aliphatic rings. The molecule has 2 unspecified atom stereocenters. The number of imidazole rings is 1. The normalized spacial score (nSPS) is 16.7. The number of aryl methyl sites for hydroxylation is 1. The quantitative estimate of drug-likeness (QED) is 0.325. The van der Waals surface area contributed by atoms with Crippen LogP contribution in [-0.2, 0) is 18.3 Å². The van der Waals surface area contributed by atoms with E-state index < -0.39 is 0 Å². The Morgan fingerprint density at radius 1 is 1.23 bits per heavy atom. The number of halogens is 1. The lowest BCUT2D eigenvalue weighted by Crippen LogP contribution is -2.37. The van der Waals surface area contributed by atoms with E-state index in [1.165, 1.54) is 0 Å². The van der Waals surface area contributed by atoms with Crippen LogP contribution in [0.4, 0.5) is 0 Å². The lowest BCUT2D eigenvalue weighted by atomic mass is 9.92. The highest BCUT2D eigenvalue weighted by Gasteiger charge is 2.32. The van der Waals surface area contributed by atoms with Gasteiger partial charge in [0, 0.05) is 55.4 Å². The average Bonchev–Trinajstić information content (AvgIpc) is 3.50. The molecule has 2 aromatic carbocycles. The Bertz CT molecular complexity index is 1300. The minimum atomic E-state index is -0.255. The molecule has 0 bridgehead atoms. The lowest BCUT2D eigenvalue weighted by Gasteiger charge is -2.19. The first-order valence-electron chi connectivity index (χ1n) is 13.4. The van der Waals surface area contributed by atoms with Gasteiger partial charge in [-0.05, 0) is 56.9 Å². The van der Waals surface area contributed by atoms with E-state index >= 15 is 0 Å². The second-order valence-corrected chi connectivity index (χ2v) is 10.9. The number of nitrogens with zero attached hydrogens (tertiary/aromatic N) is 2.